The summed E-state index contributed by atoms with van der Waals surface area (Å²) in [7, 11) is 1.55. The second kappa shape index (κ2) is 3.75. The standard InChI is InChI=1S/C9H6N4O2S/c1-10-6-4-16-8(12-6)5-3-11-13(2)7(5)9(14)15/h3-4H,2H3,(H,14,15). The Morgan fingerprint density at radius 2 is 2.44 bits per heavy atom. The van der Waals surface area contributed by atoms with Gasteiger partial charge >= 0.3 is 5.97 Å². The molecule has 0 saturated heterocycles. The highest BCUT2D eigenvalue weighted by Crippen LogP contribution is 2.29. The van der Waals surface area contributed by atoms with Gasteiger partial charge in [0, 0.05) is 12.4 Å². The molecule has 2 rings (SSSR count). The van der Waals surface area contributed by atoms with Gasteiger partial charge in [-0.2, -0.15) is 5.10 Å². The molecule has 0 spiro atoms. The molecule has 0 atom stereocenters. The maximum atomic E-state index is 11.0. The number of hydrogen-bond donors (Lipinski definition) is 1. The number of carboxylic acids is 1. The maximum Gasteiger partial charge on any atom is 0.354 e. The smallest absolute Gasteiger partial charge is 0.354 e. The molecular weight excluding hydrogens is 228 g/mol. The third-order valence-electron chi connectivity index (χ3n) is 1.98. The Morgan fingerprint density at radius 3 is 3.00 bits per heavy atom. The van der Waals surface area contributed by atoms with Crippen LogP contribution in [0.2, 0.25) is 0 Å². The van der Waals surface area contributed by atoms with Crippen molar-refractivity contribution in [2.45, 2.75) is 0 Å². The molecule has 0 aromatic carbocycles. The largest absolute Gasteiger partial charge is 0.477 e. The van der Waals surface area contributed by atoms with Crippen LogP contribution in [0, 0.1) is 6.57 Å². The molecule has 0 aliphatic rings. The SMILES string of the molecule is [C-]#[N+]c1csc(-c2cnn(C)c2C(=O)O)n1. The summed E-state index contributed by atoms with van der Waals surface area (Å²) >= 11 is 1.23. The van der Waals surface area contributed by atoms with Gasteiger partial charge in [0.05, 0.1) is 11.8 Å². The minimum atomic E-state index is -1.06. The average molecular weight is 234 g/mol. The van der Waals surface area contributed by atoms with Gasteiger partial charge in [0.25, 0.3) is 5.82 Å². The van der Waals surface area contributed by atoms with Crippen LogP contribution in [0.4, 0.5) is 5.82 Å². The monoisotopic (exact) mass is 234 g/mol. The fourth-order valence-corrected chi connectivity index (χ4v) is 2.03. The van der Waals surface area contributed by atoms with E-state index in [0.717, 1.165) is 0 Å². The first kappa shape index (κ1) is 10.3. The van der Waals surface area contributed by atoms with Gasteiger partial charge in [-0.1, -0.05) is 6.57 Å². The Bertz CT molecular complexity index is 593. The number of nitrogens with zero attached hydrogens (tertiary/aromatic N) is 4. The van der Waals surface area contributed by atoms with Gasteiger partial charge in [-0.05, 0) is 0 Å². The summed E-state index contributed by atoms with van der Waals surface area (Å²) in [6.45, 7) is 6.79. The lowest BCUT2D eigenvalue weighted by molar-refractivity contribution is 0.0686. The first-order valence-corrected chi connectivity index (χ1v) is 5.10. The fourth-order valence-electron chi connectivity index (χ4n) is 1.29. The van der Waals surface area contributed by atoms with Crippen molar-refractivity contribution < 1.29 is 9.90 Å². The van der Waals surface area contributed by atoms with E-state index >= 15 is 0 Å². The number of thiazole rings is 1. The summed E-state index contributed by atoms with van der Waals surface area (Å²) in [5.74, 6) is -0.797. The first-order chi connectivity index (χ1) is 7.63. The molecule has 0 bridgehead atoms. The zero-order valence-electron chi connectivity index (χ0n) is 8.21. The van der Waals surface area contributed by atoms with E-state index in [4.69, 9.17) is 11.7 Å². The van der Waals surface area contributed by atoms with E-state index in [9.17, 15) is 4.79 Å². The van der Waals surface area contributed by atoms with Crippen LogP contribution >= 0.6 is 11.3 Å². The Labute approximate surface area is 94.6 Å². The van der Waals surface area contributed by atoms with E-state index < -0.39 is 5.97 Å². The van der Waals surface area contributed by atoms with Crippen LogP contribution in [0.15, 0.2) is 11.6 Å². The summed E-state index contributed by atoms with van der Waals surface area (Å²) in [5.41, 5.74) is 0.515. The lowest BCUT2D eigenvalue weighted by Crippen LogP contribution is -2.06. The highest BCUT2D eigenvalue weighted by molar-refractivity contribution is 7.13. The van der Waals surface area contributed by atoms with Crippen molar-refractivity contribution in [2.75, 3.05) is 0 Å². The summed E-state index contributed by atoms with van der Waals surface area (Å²) < 4.78 is 1.27. The zero-order chi connectivity index (χ0) is 11.7. The Hall–Kier alpha value is -2.20. The Balaban J connectivity index is 2.56. The lowest BCUT2D eigenvalue weighted by Gasteiger charge is -1.95. The fraction of sp³-hybridized carbons (Fsp3) is 0.111. The number of rotatable bonds is 2. The van der Waals surface area contributed by atoms with E-state index in [0.29, 0.717) is 10.6 Å². The van der Waals surface area contributed by atoms with Crippen LogP contribution in [0.25, 0.3) is 15.4 Å². The highest BCUT2D eigenvalue weighted by Gasteiger charge is 2.21. The molecule has 0 aliphatic heterocycles. The van der Waals surface area contributed by atoms with Gasteiger partial charge < -0.3 is 9.95 Å². The van der Waals surface area contributed by atoms with Crippen molar-refractivity contribution >= 4 is 23.1 Å². The van der Waals surface area contributed by atoms with Crippen molar-refractivity contribution in [1.29, 1.82) is 0 Å². The zero-order valence-corrected chi connectivity index (χ0v) is 9.02. The second-order valence-corrected chi connectivity index (χ2v) is 3.82. The van der Waals surface area contributed by atoms with Gasteiger partial charge in [0.15, 0.2) is 5.69 Å². The second-order valence-electron chi connectivity index (χ2n) is 2.96. The van der Waals surface area contributed by atoms with Gasteiger partial charge in [-0.25, -0.2) is 4.79 Å². The normalized spacial score (nSPS) is 10.0. The maximum absolute atomic E-state index is 11.0. The minimum absolute atomic E-state index is 0.0749. The molecule has 2 aromatic rings. The Kier molecular flexibility index (Phi) is 2.42. The molecule has 0 aliphatic carbocycles. The van der Waals surface area contributed by atoms with Crippen LogP contribution in [-0.2, 0) is 7.05 Å². The molecule has 80 valence electrons. The van der Waals surface area contributed by atoms with Gasteiger partial charge in [0.2, 0.25) is 5.01 Å². The molecule has 2 aromatic heterocycles. The van der Waals surface area contributed by atoms with Crippen LogP contribution in [0.5, 0.6) is 0 Å². The summed E-state index contributed by atoms with van der Waals surface area (Å²) in [6, 6.07) is 0. The number of aromatic nitrogens is 3. The topological polar surface area (TPSA) is 72.4 Å². The van der Waals surface area contributed by atoms with Crippen molar-refractivity contribution in [1.82, 2.24) is 14.8 Å². The van der Waals surface area contributed by atoms with E-state index in [1.54, 1.807) is 12.4 Å². The molecule has 0 fully saturated rings. The van der Waals surface area contributed by atoms with Crippen LogP contribution in [0.3, 0.4) is 0 Å². The first-order valence-electron chi connectivity index (χ1n) is 4.22. The predicted octanol–water partition coefficient (Wildman–Crippen LogP) is 1.79. The predicted molar refractivity (Wildman–Crippen MR) is 57.5 cm³/mol. The molecule has 1 N–H and O–H groups in total. The van der Waals surface area contributed by atoms with Crippen LogP contribution in [0.1, 0.15) is 10.5 Å². The number of aryl methyl sites for hydroxylation is 1. The molecule has 16 heavy (non-hydrogen) atoms. The van der Waals surface area contributed by atoms with Crippen molar-refractivity contribution in [3.8, 4) is 10.6 Å². The molecule has 0 saturated carbocycles. The van der Waals surface area contributed by atoms with Gasteiger partial charge in [-0.15, -0.1) is 16.3 Å². The summed E-state index contributed by atoms with van der Waals surface area (Å²) in [5, 5.41) is 15.0. The van der Waals surface area contributed by atoms with E-state index in [-0.39, 0.29) is 11.5 Å². The van der Waals surface area contributed by atoms with Crippen molar-refractivity contribution in [3.63, 3.8) is 0 Å². The van der Waals surface area contributed by atoms with Crippen molar-refractivity contribution in [2.24, 2.45) is 7.05 Å². The third-order valence-corrected chi connectivity index (χ3v) is 2.84. The Morgan fingerprint density at radius 1 is 1.69 bits per heavy atom. The number of aromatic carboxylic acids is 1. The van der Waals surface area contributed by atoms with E-state index in [1.807, 2.05) is 0 Å². The third kappa shape index (κ3) is 1.55. The molecule has 0 unspecified atom stereocenters. The number of carbonyl (C=O) groups is 1. The average Bonchev–Trinajstić information content (AvgIpc) is 2.82. The lowest BCUT2D eigenvalue weighted by atomic mass is 10.2. The number of hydrogen-bond acceptors (Lipinski definition) is 4. The quantitative estimate of drug-likeness (QED) is 0.804. The number of carboxylic acid groups (broad SMARTS) is 1. The van der Waals surface area contributed by atoms with Crippen molar-refractivity contribution in [3.05, 3.63) is 28.7 Å². The molecule has 2 heterocycles. The molecule has 0 radical (unpaired) electrons. The van der Waals surface area contributed by atoms with E-state index in [2.05, 4.69) is 14.9 Å². The molecule has 7 heteroatoms. The highest BCUT2D eigenvalue weighted by atomic mass is 32.1. The minimum Gasteiger partial charge on any atom is -0.477 e. The van der Waals surface area contributed by atoms with Crippen LogP contribution < -0.4 is 0 Å². The molecular formula is C9H6N4O2S. The van der Waals surface area contributed by atoms with Crippen LogP contribution in [-0.4, -0.2) is 25.8 Å². The summed E-state index contributed by atoms with van der Waals surface area (Å²) in [6.07, 6.45) is 1.44. The van der Waals surface area contributed by atoms with E-state index in [1.165, 1.54) is 22.2 Å². The molecule has 0 amide bonds. The molecule has 6 nitrogen and oxygen atoms in total. The van der Waals surface area contributed by atoms with Gasteiger partial charge in [-0.3, -0.25) is 4.68 Å². The summed E-state index contributed by atoms with van der Waals surface area (Å²) in [4.78, 5) is 18.2. The van der Waals surface area contributed by atoms with Gasteiger partial charge in [0.1, 0.15) is 0 Å².